The van der Waals surface area contributed by atoms with Crippen molar-refractivity contribution in [2.45, 2.75) is 12.7 Å². The number of nitrogens with one attached hydrogen (secondary N) is 1. The second-order valence-corrected chi connectivity index (χ2v) is 5.83. The summed E-state index contributed by atoms with van der Waals surface area (Å²) in [5.74, 6) is -1.76. The fourth-order valence-corrected chi connectivity index (χ4v) is 2.67. The second kappa shape index (κ2) is 6.38. The Balaban J connectivity index is 1.80. The summed E-state index contributed by atoms with van der Waals surface area (Å²) < 4.78 is 38.9. The number of alkyl halides is 3. The van der Waals surface area contributed by atoms with Gasteiger partial charge in [-0.3, -0.25) is 24.1 Å². The molecule has 7 nitrogen and oxygen atoms in total. The van der Waals surface area contributed by atoms with Crippen LogP contribution in [-0.4, -0.2) is 34.2 Å². The first-order valence-corrected chi connectivity index (χ1v) is 7.62. The molecule has 140 valence electrons. The van der Waals surface area contributed by atoms with Crippen molar-refractivity contribution in [1.82, 2.24) is 9.47 Å². The van der Waals surface area contributed by atoms with Crippen LogP contribution in [0.5, 0.6) is 0 Å². The number of imide groups is 1. The molecule has 0 unspecified atom stereocenters. The lowest BCUT2D eigenvalue weighted by Crippen LogP contribution is -2.31. The van der Waals surface area contributed by atoms with E-state index in [2.05, 4.69) is 5.32 Å². The minimum Gasteiger partial charge on any atom is -0.325 e. The third-order valence-corrected chi connectivity index (χ3v) is 4.01. The molecule has 0 fully saturated rings. The van der Waals surface area contributed by atoms with Crippen molar-refractivity contribution in [3.63, 3.8) is 0 Å². The van der Waals surface area contributed by atoms with Crippen molar-refractivity contribution in [3.05, 3.63) is 63.6 Å². The monoisotopic (exact) mass is 379 g/mol. The first-order valence-electron chi connectivity index (χ1n) is 7.62. The van der Waals surface area contributed by atoms with E-state index in [1.54, 1.807) is 0 Å². The van der Waals surface area contributed by atoms with Gasteiger partial charge in [0.25, 0.3) is 17.4 Å². The second-order valence-electron chi connectivity index (χ2n) is 5.83. The van der Waals surface area contributed by atoms with Gasteiger partial charge >= 0.3 is 6.18 Å². The molecular weight excluding hydrogens is 367 g/mol. The third-order valence-electron chi connectivity index (χ3n) is 4.01. The standard InChI is InChI=1S/C17H12F3N3O4/c1-22-14(25)10-5-4-9(7-11(10)15(22)26)21-13(24)8-23-6-2-3-12(16(23)27)17(18,19)20/h2-7H,8H2,1H3,(H,21,24). The minimum absolute atomic E-state index is 0.108. The normalized spacial score (nSPS) is 13.7. The van der Waals surface area contributed by atoms with Gasteiger partial charge in [-0.1, -0.05) is 0 Å². The number of amides is 3. The molecular formula is C17H12F3N3O4. The zero-order chi connectivity index (χ0) is 19.9. The van der Waals surface area contributed by atoms with Crippen molar-refractivity contribution in [3.8, 4) is 0 Å². The quantitative estimate of drug-likeness (QED) is 0.823. The van der Waals surface area contributed by atoms with Gasteiger partial charge in [-0.15, -0.1) is 0 Å². The van der Waals surface area contributed by atoms with Gasteiger partial charge in [-0.25, -0.2) is 0 Å². The number of halogens is 3. The van der Waals surface area contributed by atoms with Crippen LogP contribution in [0.25, 0.3) is 0 Å². The van der Waals surface area contributed by atoms with Crippen LogP contribution in [0.1, 0.15) is 26.3 Å². The first kappa shape index (κ1) is 18.4. The van der Waals surface area contributed by atoms with E-state index in [4.69, 9.17) is 0 Å². The molecule has 1 aliphatic heterocycles. The van der Waals surface area contributed by atoms with Crippen molar-refractivity contribution >= 4 is 23.4 Å². The molecule has 3 rings (SSSR count). The Morgan fingerprint density at radius 1 is 1.07 bits per heavy atom. The van der Waals surface area contributed by atoms with Gasteiger partial charge in [0.05, 0.1) is 11.1 Å². The molecule has 0 atom stereocenters. The van der Waals surface area contributed by atoms with Crippen molar-refractivity contribution in [2.75, 3.05) is 12.4 Å². The Morgan fingerprint density at radius 3 is 2.41 bits per heavy atom. The van der Waals surface area contributed by atoms with Crippen LogP contribution < -0.4 is 10.9 Å². The number of nitrogens with zero attached hydrogens (tertiary/aromatic N) is 2. The van der Waals surface area contributed by atoms with E-state index in [0.717, 1.165) is 17.2 Å². The van der Waals surface area contributed by atoms with Crippen LogP contribution in [0.15, 0.2) is 41.3 Å². The van der Waals surface area contributed by atoms with Crippen LogP contribution in [0.3, 0.4) is 0 Å². The van der Waals surface area contributed by atoms with Gasteiger partial charge in [-0.05, 0) is 30.3 Å². The minimum atomic E-state index is -4.82. The number of carbonyl (C=O) groups excluding carboxylic acids is 3. The van der Waals surface area contributed by atoms with Gasteiger partial charge in [0.2, 0.25) is 5.91 Å². The van der Waals surface area contributed by atoms with Gasteiger partial charge < -0.3 is 9.88 Å². The molecule has 0 spiro atoms. The van der Waals surface area contributed by atoms with Crippen LogP contribution in [-0.2, 0) is 17.5 Å². The zero-order valence-electron chi connectivity index (χ0n) is 13.8. The molecule has 1 aromatic heterocycles. The summed E-state index contributed by atoms with van der Waals surface area (Å²) in [5.41, 5.74) is -2.24. The highest BCUT2D eigenvalue weighted by Crippen LogP contribution is 2.26. The number of hydrogen-bond donors (Lipinski definition) is 1. The van der Waals surface area contributed by atoms with Crippen molar-refractivity contribution in [1.29, 1.82) is 0 Å². The summed E-state index contributed by atoms with van der Waals surface area (Å²) in [5, 5.41) is 2.39. The number of pyridine rings is 1. The smallest absolute Gasteiger partial charge is 0.325 e. The maximum atomic E-state index is 12.8. The predicted octanol–water partition coefficient (Wildman–Crippen LogP) is 1.73. The highest BCUT2D eigenvalue weighted by Gasteiger charge is 2.34. The number of benzene rings is 1. The fourth-order valence-electron chi connectivity index (χ4n) is 2.67. The topological polar surface area (TPSA) is 88.5 Å². The van der Waals surface area contributed by atoms with Crippen molar-refractivity contribution in [2.24, 2.45) is 0 Å². The Labute approximate surface area is 150 Å². The molecule has 0 radical (unpaired) electrons. The first-order chi connectivity index (χ1) is 12.6. The van der Waals surface area contributed by atoms with E-state index in [0.29, 0.717) is 10.6 Å². The lowest BCUT2D eigenvalue weighted by atomic mass is 10.1. The number of carbonyl (C=O) groups is 3. The van der Waals surface area contributed by atoms with Crippen LogP contribution >= 0.6 is 0 Å². The SMILES string of the molecule is CN1C(=O)c2ccc(NC(=O)Cn3cccc(C(F)(F)F)c3=O)cc2C1=O. The molecule has 2 heterocycles. The van der Waals surface area contributed by atoms with Gasteiger partial charge in [-0.2, -0.15) is 13.2 Å². The van der Waals surface area contributed by atoms with Crippen LogP contribution in [0.2, 0.25) is 0 Å². The molecule has 1 aromatic carbocycles. The number of hydrogen-bond acceptors (Lipinski definition) is 4. The molecule has 0 saturated carbocycles. The summed E-state index contributed by atoms with van der Waals surface area (Å²) in [4.78, 5) is 48.6. The van der Waals surface area contributed by atoms with E-state index in [-0.39, 0.29) is 16.8 Å². The Morgan fingerprint density at radius 2 is 1.74 bits per heavy atom. The molecule has 10 heteroatoms. The predicted molar refractivity (Wildman–Crippen MR) is 87.2 cm³/mol. The number of anilines is 1. The van der Waals surface area contributed by atoms with Gasteiger partial charge in [0.15, 0.2) is 0 Å². The van der Waals surface area contributed by atoms with Gasteiger partial charge in [0, 0.05) is 18.9 Å². The fraction of sp³-hybridized carbons (Fsp3) is 0.176. The summed E-state index contributed by atoms with van der Waals surface area (Å²) in [6, 6.07) is 5.70. The molecule has 1 aliphatic rings. The average molecular weight is 379 g/mol. The number of rotatable bonds is 3. The van der Waals surface area contributed by atoms with E-state index < -0.39 is 41.6 Å². The third kappa shape index (κ3) is 3.33. The van der Waals surface area contributed by atoms with E-state index >= 15 is 0 Å². The number of aromatic nitrogens is 1. The highest BCUT2D eigenvalue weighted by atomic mass is 19.4. The van der Waals surface area contributed by atoms with Crippen LogP contribution in [0, 0.1) is 0 Å². The molecule has 3 amide bonds. The largest absolute Gasteiger partial charge is 0.421 e. The van der Waals surface area contributed by atoms with E-state index in [1.807, 2.05) is 0 Å². The lowest BCUT2D eigenvalue weighted by Gasteiger charge is -2.11. The number of fused-ring (bicyclic) bond motifs is 1. The molecule has 0 bridgehead atoms. The zero-order valence-corrected chi connectivity index (χ0v) is 13.8. The Hall–Kier alpha value is -3.43. The summed E-state index contributed by atoms with van der Waals surface area (Å²) in [7, 11) is 1.32. The summed E-state index contributed by atoms with van der Waals surface area (Å²) in [6.07, 6.45) is -3.76. The Bertz CT molecular complexity index is 1030. The lowest BCUT2D eigenvalue weighted by molar-refractivity contribution is -0.139. The van der Waals surface area contributed by atoms with Gasteiger partial charge in [0.1, 0.15) is 12.1 Å². The molecule has 0 saturated heterocycles. The van der Waals surface area contributed by atoms with E-state index in [1.165, 1.54) is 25.2 Å². The maximum Gasteiger partial charge on any atom is 0.421 e. The highest BCUT2D eigenvalue weighted by molar-refractivity contribution is 6.21. The molecule has 1 N–H and O–H groups in total. The molecule has 2 aromatic rings. The maximum absolute atomic E-state index is 12.8. The average Bonchev–Trinajstić information content (AvgIpc) is 2.80. The summed E-state index contributed by atoms with van der Waals surface area (Å²) in [6.45, 7) is -0.646. The molecule has 0 aliphatic carbocycles. The summed E-state index contributed by atoms with van der Waals surface area (Å²) >= 11 is 0. The van der Waals surface area contributed by atoms with E-state index in [9.17, 15) is 32.3 Å². The van der Waals surface area contributed by atoms with Crippen LogP contribution in [0.4, 0.5) is 18.9 Å². The Kier molecular flexibility index (Phi) is 4.34. The van der Waals surface area contributed by atoms with Crippen molar-refractivity contribution < 1.29 is 27.6 Å². The molecule has 27 heavy (non-hydrogen) atoms.